The number of pyridine rings is 1. The molecule has 3 rings (SSSR count). The van der Waals surface area contributed by atoms with E-state index >= 15 is 0 Å². The lowest BCUT2D eigenvalue weighted by molar-refractivity contribution is -0.131. The number of likely N-dealkylation sites (tertiary alicyclic amines) is 1. The van der Waals surface area contributed by atoms with E-state index in [1.807, 2.05) is 18.2 Å². The molecule has 0 aromatic carbocycles. The molecule has 7 nitrogen and oxygen atoms in total. The van der Waals surface area contributed by atoms with Gasteiger partial charge in [0.1, 0.15) is 11.7 Å². The van der Waals surface area contributed by atoms with Gasteiger partial charge in [0, 0.05) is 19.7 Å². The van der Waals surface area contributed by atoms with Crippen molar-refractivity contribution < 1.29 is 9.59 Å². The normalized spacial score (nSPS) is 18.0. The van der Waals surface area contributed by atoms with Crippen LogP contribution in [0.5, 0.6) is 0 Å². The molecule has 1 saturated heterocycles. The van der Waals surface area contributed by atoms with Crippen LogP contribution in [-0.4, -0.2) is 45.0 Å². The SMILES string of the molecule is CN1C(=O)CCC1C(=O)Nc1cn[nH]c1-c1ccccn1. The van der Waals surface area contributed by atoms with Gasteiger partial charge >= 0.3 is 0 Å². The lowest BCUT2D eigenvalue weighted by Crippen LogP contribution is -2.38. The highest BCUT2D eigenvalue weighted by atomic mass is 16.2. The Kier molecular flexibility index (Phi) is 3.39. The summed E-state index contributed by atoms with van der Waals surface area (Å²) in [5, 5.41) is 9.60. The largest absolute Gasteiger partial charge is 0.334 e. The summed E-state index contributed by atoms with van der Waals surface area (Å²) in [5.41, 5.74) is 1.91. The van der Waals surface area contributed by atoms with Crippen LogP contribution in [0.25, 0.3) is 11.4 Å². The maximum Gasteiger partial charge on any atom is 0.247 e. The van der Waals surface area contributed by atoms with Gasteiger partial charge in [-0.05, 0) is 18.6 Å². The fourth-order valence-electron chi connectivity index (χ4n) is 2.41. The number of hydrogen-bond donors (Lipinski definition) is 2. The van der Waals surface area contributed by atoms with Crippen molar-refractivity contribution in [1.29, 1.82) is 0 Å². The standard InChI is InChI=1S/C14H15N5O2/c1-19-11(5-6-12(19)20)14(21)17-10-8-16-18-13(10)9-4-2-3-7-15-9/h2-4,7-8,11H,5-6H2,1H3,(H,16,18)(H,17,21). The first-order valence-electron chi connectivity index (χ1n) is 6.68. The van der Waals surface area contributed by atoms with Gasteiger partial charge in [-0.1, -0.05) is 6.07 Å². The van der Waals surface area contributed by atoms with Crippen LogP contribution >= 0.6 is 0 Å². The fraction of sp³-hybridized carbons (Fsp3) is 0.286. The molecule has 0 saturated carbocycles. The molecule has 2 aromatic rings. The van der Waals surface area contributed by atoms with E-state index < -0.39 is 6.04 Å². The Morgan fingerprint density at radius 3 is 3.00 bits per heavy atom. The zero-order valence-corrected chi connectivity index (χ0v) is 11.5. The minimum absolute atomic E-state index is 0.00714. The third-order valence-electron chi connectivity index (χ3n) is 3.61. The van der Waals surface area contributed by atoms with Crippen LogP contribution in [0, 0.1) is 0 Å². The number of likely N-dealkylation sites (N-methyl/N-ethyl adjacent to an activating group) is 1. The Hall–Kier alpha value is -2.70. The number of amides is 2. The number of anilines is 1. The lowest BCUT2D eigenvalue weighted by atomic mass is 10.2. The highest BCUT2D eigenvalue weighted by Gasteiger charge is 2.33. The molecule has 2 aromatic heterocycles. The van der Waals surface area contributed by atoms with E-state index in [9.17, 15) is 9.59 Å². The number of rotatable bonds is 3. The average Bonchev–Trinajstić information content (AvgIpc) is 3.08. The van der Waals surface area contributed by atoms with Crippen LogP contribution in [0.3, 0.4) is 0 Å². The minimum Gasteiger partial charge on any atom is -0.334 e. The molecule has 1 unspecified atom stereocenters. The quantitative estimate of drug-likeness (QED) is 0.881. The van der Waals surface area contributed by atoms with E-state index in [2.05, 4.69) is 20.5 Å². The Bertz CT molecular complexity index is 667. The summed E-state index contributed by atoms with van der Waals surface area (Å²) in [6.07, 6.45) is 4.16. The number of aromatic amines is 1. The molecule has 2 N–H and O–H groups in total. The van der Waals surface area contributed by atoms with Crippen LogP contribution < -0.4 is 5.32 Å². The summed E-state index contributed by atoms with van der Waals surface area (Å²) < 4.78 is 0. The molecule has 3 heterocycles. The molecule has 1 fully saturated rings. The molecule has 21 heavy (non-hydrogen) atoms. The third-order valence-corrected chi connectivity index (χ3v) is 3.61. The molecule has 2 amide bonds. The summed E-state index contributed by atoms with van der Waals surface area (Å²) >= 11 is 0. The zero-order valence-electron chi connectivity index (χ0n) is 11.5. The van der Waals surface area contributed by atoms with Crippen molar-refractivity contribution in [3.05, 3.63) is 30.6 Å². The van der Waals surface area contributed by atoms with Crippen LogP contribution in [-0.2, 0) is 9.59 Å². The van der Waals surface area contributed by atoms with E-state index in [0.717, 1.165) is 0 Å². The van der Waals surface area contributed by atoms with Crippen molar-refractivity contribution in [3.8, 4) is 11.4 Å². The molecule has 0 aliphatic carbocycles. The molecule has 1 aliphatic heterocycles. The van der Waals surface area contributed by atoms with Gasteiger partial charge in [-0.2, -0.15) is 5.10 Å². The molecule has 1 aliphatic rings. The van der Waals surface area contributed by atoms with Crippen molar-refractivity contribution in [2.24, 2.45) is 0 Å². The van der Waals surface area contributed by atoms with E-state index in [1.165, 1.54) is 4.90 Å². The number of nitrogens with zero attached hydrogens (tertiary/aromatic N) is 3. The second-order valence-electron chi connectivity index (χ2n) is 4.92. The molecular formula is C14H15N5O2. The smallest absolute Gasteiger partial charge is 0.247 e. The number of aromatic nitrogens is 3. The number of carbonyl (C=O) groups excluding carboxylic acids is 2. The predicted octanol–water partition coefficient (Wildman–Crippen LogP) is 1.03. The van der Waals surface area contributed by atoms with Crippen molar-refractivity contribution in [2.45, 2.75) is 18.9 Å². The minimum atomic E-state index is -0.427. The summed E-state index contributed by atoms with van der Waals surface area (Å²) in [6, 6.07) is 5.08. The van der Waals surface area contributed by atoms with Gasteiger partial charge in [0.05, 0.1) is 17.6 Å². The topological polar surface area (TPSA) is 91.0 Å². The van der Waals surface area contributed by atoms with Crippen LogP contribution in [0.4, 0.5) is 5.69 Å². The average molecular weight is 285 g/mol. The summed E-state index contributed by atoms with van der Waals surface area (Å²) in [7, 11) is 1.65. The van der Waals surface area contributed by atoms with E-state index in [0.29, 0.717) is 29.9 Å². The second kappa shape index (κ2) is 5.35. The number of hydrogen-bond acceptors (Lipinski definition) is 4. The van der Waals surface area contributed by atoms with Gasteiger partial charge in [-0.3, -0.25) is 19.7 Å². The van der Waals surface area contributed by atoms with Crippen molar-refractivity contribution >= 4 is 17.5 Å². The van der Waals surface area contributed by atoms with Crippen LogP contribution in [0.1, 0.15) is 12.8 Å². The first-order chi connectivity index (χ1) is 10.2. The number of nitrogens with one attached hydrogen (secondary N) is 2. The zero-order chi connectivity index (χ0) is 14.8. The fourth-order valence-corrected chi connectivity index (χ4v) is 2.41. The highest BCUT2D eigenvalue weighted by Crippen LogP contribution is 2.24. The van der Waals surface area contributed by atoms with Gasteiger partial charge in [-0.25, -0.2) is 0 Å². The highest BCUT2D eigenvalue weighted by molar-refractivity contribution is 6.00. The maximum absolute atomic E-state index is 12.3. The summed E-state index contributed by atoms with van der Waals surface area (Å²) in [5.74, 6) is -0.214. The molecule has 108 valence electrons. The maximum atomic E-state index is 12.3. The monoisotopic (exact) mass is 285 g/mol. The third kappa shape index (κ3) is 2.49. The number of H-pyrrole nitrogens is 1. The summed E-state index contributed by atoms with van der Waals surface area (Å²) in [4.78, 5) is 29.5. The molecular weight excluding hydrogens is 270 g/mol. The molecule has 1 atom stereocenters. The summed E-state index contributed by atoms with van der Waals surface area (Å²) in [6.45, 7) is 0. The second-order valence-corrected chi connectivity index (χ2v) is 4.92. The Balaban J connectivity index is 1.79. The van der Waals surface area contributed by atoms with E-state index in [1.54, 1.807) is 19.4 Å². The molecule has 0 bridgehead atoms. The molecule has 0 spiro atoms. The van der Waals surface area contributed by atoms with Crippen molar-refractivity contribution in [1.82, 2.24) is 20.1 Å². The van der Waals surface area contributed by atoms with Gasteiger partial charge in [0.25, 0.3) is 0 Å². The van der Waals surface area contributed by atoms with Gasteiger partial charge in [0.2, 0.25) is 11.8 Å². The Morgan fingerprint density at radius 1 is 1.48 bits per heavy atom. The van der Waals surface area contributed by atoms with Crippen LogP contribution in [0.2, 0.25) is 0 Å². The Labute approximate surface area is 121 Å². The van der Waals surface area contributed by atoms with Gasteiger partial charge in [0.15, 0.2) is 0 Å². The molecule has 7 heteroatoms. The molecule has 0 radical (unpaired) electrons. The van der Waals surface area contributed by atoms with Gasteiger partial charge < -0.3 is 10.2 Å². The van der Waals surface area contributed by atoms with Crippen LogP contribution in [0.15, 0.2) is 30.6 Å². The predicted molar refractivity (Wildman–Crippen MR) is 76.2 cm³/mol. The van der Waals surface area contributed by atoms with E-state index in [4.69, 9.17) is 0 Å². The Morgan fingerprint density at radius 2 is 2.33 bits per heavy atom. The van der Waals surface area contributed by atoms with Gasteiger partial charge in [-0.15, -0.1) is 0 Å². The first-order valence-corrected chi connectivity index (χ1v) is 6.68. The van der Waals surface area contributed by atoms with Crippen molar-refractivity contribution in [3.63, 3.8) is 0 Å². The lowest BCUT2D eigenvalue weighted by Gasteiger charge is -2.18. The van der Waals surface area contributed by atoms with E-state index in [-0.39, 0.29) is 11.8 Å². The van der Waals surface area contributed by atoms with Crippen molar-refractivity contribution in [2.75, 3.05) is 12.4 Å². The number of carbonyl (C=O) groups is 2. The first kappa shape index (κ1) is 13.3.